The molecule has 0 bridgehead atoms. The van der Waals surface area contributed by atoms with Crippen LogP contribution < -0.4 is 148 Å². The van der Waals surface area contributed by atoms with Gasteiger partial charge in [0, 0.05) is 0 Å². The van der Waals surface area contributed by atoms with Crippen molar-refractivity contribution in [3.8, 4) is 0 Å². The topological polar surface area (TPSA) is 0 Å². The largest absolute Gasteiger partial charge is 1.00 e. The van der Waals surface area contributed by atoms with Gasteiger partial charge in [-0.3, -0.25) is 0 Å². The maximum Gasteiger partial charge on any atom is 1.00 e. The number of hydrogen-bond acceptors (Lipinski definition) is 0. The first-order chi connectivity index (χ1) is 0. The molecule has 0 amide bonds. The predicted octanol–water partition coefficient (Wildman–Crippen LogP) is -10.6. The molecule has 0 radical (unpaired) electrons. The van der Waals surface area contributed by atoms with Gasteiger partial charge in [-0.05, 0) is 0 Å². The van der Waals surface area contributed by atoms with Gasteiger partial charge in [-0.2, -0.15) is 0 Å². The first-order valence-corrected chi connectivity index (χ1v) is 0. The van der Waals surface area contributed by atoms with Crippen LogP contribution in [0.1, 0.15) is 7.13 Å². The van der Waals surface area contributed by atoms with Gasteiger partial charge in [0.2, 0.25) is 0 Å². The summed E-state index contributed by atoms with van der Waals surface area (Å²) >= 11 is 0. The molecule has 14 heteroatoms. The Morgan fingerprint density at radius 2 is 0.214 bits per heavy atom. The van der Waals surface area contributed by atoms with Gasteiger partial charge < -0.3 is 7.13 Å². The standard InChI is InChI=1S/9ClH.5Na.5H/h9*1H;;;;;;;;;;/q;;;;;;;;;5*+1;5*-1. The summed E-state index contributed by atoms with van der Waals surface area (Å²) in [5, 5.41) is 0. The number of rotatable bonds is 0. The third-order valence-electron chi connectivity index (χ3n) is 0. The Hall–Kier alpha value is 7.61. The second kappa shape index (κ2) is 137. The van der Waals surface area contributed by atoms with E-state index in [4.69, 9.17) is 0 Å². The average molecular weight is 448 g/mol. The zero-order chi connectivity index (χ0) is 0. The van der Waals surface area contributed by atoms with E-state index < -0.39 is 0 Å². The van der Waals surface area contributed by atoms with E-state index in [1.165, 1.54) is 0 Å². The Morgan fingerprint density at radius 1 is 0.214 bits per heavy atom. The van der Waals surface area contributed by atoms with Crippen LogP contribution in [0.3, 0.4) is 0 Å². The first-order valence-electron chi connectivity index (χ1n) is 0. The molecule has 0 aromatic heterocycles. The van der Waals surface area contributed by atoms with Crippen molar-refractivity contribution in [3.05, 3.63) is 0 Å². The van der Waals surface area contributed by atoms with Gasteiger partial charge in [-0.25, -0.2) is 0 Å². The van der Waals surface area contributed by atoms with Gasteiger partial charge in [-0.15, -0.1) is 112 Å². The molecule has 0 fully saturated rings. The van der Waals surface area contributed by atoms with Crippen molar-refractivity contribution in [3.63, 3.8) is 0 Å². The first kappa shape index (κ1) is 159. The Balaban J connectivity index is 0. The minimum absolute atomic E-state index is 0. The smallest absolute Gasteiger partial charge is 1.00 e. The molecule has 0 heterocycles. The second-order valence-electron chi connectivity index (χ2n) is 0. The van der Waals surface area contributed by atoms with Gasteiger partial charge >= 0.3 is 148 Å². The molecular formula is H14Cl9Na5. The SMILES string of the molecule is Cl.Cl.Cl.Cl.Cl.Cl.Cl.Cl.Cl.[H-].[H-].[H-].[H-].[H-].[Na+].[Na+].[Na+].[Na+].[Na+]. The fourth-order valence-corrected chi connectivity index (χ4v) is 0. The Morgan fingerprint density at radius 3 is 0.214 bits per heavy atom. The van der Waals surface area contributed by atoms with E-state index >= 15 is 0 Å². The third-order valence-corrected chi connectivity index (χ3v) is 0. The fourth-order valence-electron chi connectivity index (χ4n) is 0. The molecule has 0 aliphatic rings. The molecule has 0 aromatic carbocycles. The number of hydrogen-bond donors (Lipinski definition) is 0. The zero-order valence-electron chi connectivity index (χ0n) is 13.7. The summed E-state index contributed by atoms with van der Waals surface area (Å²) in [6.45, 7) is 0. The molecule has 0 N–H and O–H groups in total. The van der Waals surface area contributed by atoms with E-state index in [1.807, 2.05) is 0 Å². The van der Waals surface area contributed by atoms with E-state index in [0.29, 0.717) is 0 Å². The van der Waals surface area contributed by atoms with Gasteiger partial charge in [0.25, 0.3) is 0 Å². The normalized spacial score (nSPS) is 0. The summed E-state index contributed by atoms with van der Waals surface area (Å²) in [6.07, 6.45) is 0. The van der Waals surface area contributed by atoms with Gasteiger partial charge in [-0.1, -0.05) is 0 Å². The summed E-state index contributed by atoms with van der Waals surface area (Å²) in [5.74, 6) is 0. The minimum atomic E-state index is 0. The average Bonchev–Trinajstić information content (AvgIpc) is 0. The van der Waals surface area contributed by atoms with Crippen molar-refractivity contribution in [2.45, 2.75) is 0 Å². The Kier molecular flexibility index (Phi) is 1550. The molecule has 0 aromatic rings. The molecule has 0 saturated carbocycles. The molecule has 0 aliphatic heterocycles. The number of halogens is 9. The molecule has 0 nitrogen and oxygen atoms in total. The van der Waals surface area contributed by atoms with Crippen LogP contribution in [-0.2, 0) is 0 Å². The third kappa shape index (κ3) is 117. The zero-order valence-corrected chi connectivity index (χ0v) is 26.0. The quantitative estimate of drug-likeness (QED) is 0.323. The molecule has 0 atom stereocenters. The monoisotopic (exact) mass is 444 g/mol. The Labute approximate surface area is 260 Å². The van der Waals surface area contributed by atoms with Crippen LogP contribution in [0.4, 0.5) is 0 Å². The predicted molar refractivity (Wildman–Crippen MR) is 70.8 cm³/mol. The van der Waals surface area contributed by atoms with E-state index in [2.05, 4.69) is 0 Å². The van der Waals surface area contributed by atoms with Gasteiger partial charge in [0.15, 0.2) is 0 Å². The van der Waals surface area contributed by atoms with Crippen LogP contribution in [0.2, 0.25) is 0 Å². The van der Waals surface area contributed by atoms with Gasteiger partial charge in [0.05, 0.1) is 0 Å². The van der Waals surface area contributed by atoms with E-state index in [1.54, 1.807) is 0 Å². The van der Waals surface area contributed by atoms with Crippen LogP contribution in [0, 0.1) is 0 Å². The summed E-state index contributed by atoms with van der Waals surface area (Å²) in [6, 6.07) is 0. The van der Waals surface area contributed by atoms with Crippen LogP contribution in [0.15, 0.2) is 0 Å². The van der Waals surface area contributed by atoms with Crippen molar-refractivity contribution in [1.82, 2.24) is 0 Å². The maximum atomic E-state index is 0. The second-order valence-corrected chi connectivity index (χ2v) is 0. The van der Waals surface area contributed by atoms with Gasteiger partial charge in [0.1, 0.15) is 0 Å². The van der Waals surface area contributed by atoms with Crippen LogP contribution in [0.5, 0.6) is 0 Å². The summed E-state index contributed by atoms with van der Waals surface area (Å²) in [7, 11) is 0. The van der Waals surface area contributed by atoms with Crippen molar-refractivity contribution in [2.24, 2.45) is 0 Å². The summed E-state index contributed by atoms with van der Waals surface area (Å²) in [4.78, 5) is 0. The molecule has 0 spiro atoms. The molecule has 0 aliphatic carbocycles. The fraction of sp³-hybridized carbons (Fsp3) is 0. The summed E-state index contributed by atoms with van der Waals surface area (Å²) in [5.41, 5.74) is 0. The van der Waals surface area contributed by atoms with Crippen LogP contribution >= 0.6 is 112 Å². The molecule has 0 saturated heterocycles. The molecule has 14 heavy (non-hydrogen) atoms. The van der Waals surface area contributed by atoms with E-state index in [9.17, 15) is 0 Å². The molecule has 0 unspecified atom stereocenters. The molecule has 0 rings (SSSR count). The van der Waals surface area contributed by atoms with Crippen LogP contribution in [-0.4, -0.2) is 0 Å². The van der Waals surface area contributed by atoms with Crippen molar-refractivity contribution < 1.29 is 155 Å². The summed E-state index contributed by atoms with van der Waals surface area (Å²) < 4.78 is 0. The van der Waals surface area contributed by atoms with Crippen molar-refractivity contribution in [1.29, 1.82) is 0 Å². The van der Waals surface area contributed by atoms with E-state index in [0.717, 1.165) is 0 Å². The maximum absolute atomic E-state index is 0. The molecule has 82 valence electrons. The van der Waals surface area contributed by atoms with Crippen molar-refractivity contribution in [2.75, 3.05) is 0 Å². The van der Waals surface area contributed by atoms with Crippen LogP contribution in [0.25, 0.3) is 0 Å². The Bertz CT molecular complexity index is 29.0. The van der Waals surface area contributed by atoms with Crippen molar-refractivity contribution >= 4 is 112 Å². The minimum Gasteiger partial charge on any atom is -1.00 e. The molecular weight excluding hydrogens is 434 g/mol. The van der Waals surface area contributed by atoms with E-state index in [-0.39, 0.29) is 267 Å².